The number of aliphatic hydroxyl groups is 1. The van der Waals surface area contributed by atoms with Gasteiger partial charge in [-0.05, 0) is 19.1 Å². The fourth-order valence-electron chi connectivity index (χ4n) is 1.45. The first-order chi connectivity index (χ1) is 9.01. The number of halogens is 1. The maximum atomic E-state index is 10.7. The molecule has 19 heavy (non-hydrogen) atoms. The van der Waals surface area contributed by atoms with Crippen LogP contribution in [0.1, 0.15) is 10.4 Å². The Labute approximate surface area is 117 Å². The van der Waals surface area contributed by atoms with E-state index in [9.17, 15) is 10.1 Å². The quantitative estimate of drug-likeness (QED) is 0.691. The first-order valence-corrected chi connectivity index (χ1v) is 6.39. The van der Waals surface area contributed by atoms with Gasteiger partial charge in [0.25, 0.3) is 10.9 Å². The van der Waals surface area contributed by atoms with E-state index < -0.39 is 4.92 Å². The molecule has 2 aromatic rings. The van der Waals surface area contributed by atoms with Gasteiger partial charge in [-0.1, -0.05) is 22.9 Å². The lowest BCUT2D eigenvalue weighted by molar-refractivity contribution is -0.385. The Kier molecular flexibility index (Phi) is 3.98. The van der Waals surface area contributed by atoms with Gasteiger partial charge in [0.15, 0.2) is 0 Å². The van der Waals surface area contributed by atoms with Crippen molar-refractivity contribution < 1.29 is 14.8 Å². The van der Waals surface area contributed by atoms with Gasteiger partial charge in [0, 0.05) is 11.6 Å². The van der Waals surface area contributed by atoms with Gasteiger partial charge in [0.2, 0.25) is 0 Å². The summed E-state index contributed by atoms with van der Waals surface area (Å²) in [6.45, 7) is 1.41. The maximum Gasteiger partial charge on any atom is 0.280 e. The third-order valence-corrected chi connectivity index (χ3v) is 3.69. The molecular formula is C11H9ClN2O4S. The number of aryl methyl sites for hydroxylation is 1. The molecule has 0 aliphatic carbocycles. The predicted octanol–water partition coefficient (Wildman–Crippen LogP) is 3.30. The first-order valence-electron chi connectivity index (χ1n) is 5.20. The Morgan fingerprint density at radius 3 is 2.84 bits per heavy atom. The molecule has 0 aliphatic heterocycles. The number of thiazole rings is 1. The third kappa shape index (κ3) is 3.01. The molecule has 0 fully saturated rings. The van der Waals surface area contributed by atoms with Crippen LogP contribution in [0.5, 0.6) is 10.9 Å². The number of hydrogen-bond donors (Lipinski definition) is 1. The van der Waals surface area contributed by atoms with Crippen molar-refractivity contribution in [1.29, 1.82) is 0 Å². The third-order valence-electron chi connectivity index (χ3n) is 2.34. The normalized spacial score (nSPS) is 10.5. The van der Waals surface area contributed by atoms with Gasteiger partial charge in [-0.2, -0.15) is 4.98 Å². The molecular weight excluding hydrogens is 292 g/mol. The van der Waals surface area contributed by atoms with Gasteiger partial charge in [0.05, 0.1) is 16.4 Å². The van der Waals surface area contributed by atoms with E-state index >= 15 is 0 Å². The average Bonchev–Trinajstić information content (AvgIpc) is 2.69. The lowest BCUT2D eigenvalue weighted by Crippen LogP contribution is -1.92. The van der Waals surface area contributed by atoms with Crippen LogP contribution < -0.4 is 4.74 Å². The number of nitrogens with zero attached hydrogens (tertiary/aromatic N) is 2. The van der Waals surface area contributed by atoms with E-state index in [4.69, 9.17) is 21.4 Å². The molecule has 0 aliphatic rings. The molecule has 0 saturated carbocycles. The van der Waals surface area contributed by atoms with Gasteiger partial charge in [-0.25, -0.2) is 0 Å². The molecule has 0 radical (unpaired) electrons. The minimum Gasteiger partial charge on any atom is -0.431 e. The van der Waals surface area contributed by atoms with E-state index in [1.807, 2.05) is 0 Å². The topological polar surface area (TPSA) is 85.5 Å². The average molecular weight is 301 g/mol. The minimum atomic E-state index is -0.455. The molecule has 2 rings (SSSR count). The second kappa shape index (κ2) is 5.52. The van der Waals surface area contributed by atoms with Crippen molar-refractivity contribution in [2.24, 2.45) is 0 Å². The standard InChI is InChI=1S/C11H9ClN2O4S/c1-6-4-7(2-3-8(6)14(16)17)18-11-13-10(12)9(5-15)19-11/h2-4,15H,5H2,1H3. The van der Waals surface area contributed by atoms with E-state index in [1.54, 1.807) is 13.0 Å². The molecule has 6 nitrogen and oxygen atoms in total. The smallest absolute Gasteiger partial charge is 0.280 e. The fourth-order valence-corrected chi connectivity index (χ4v) is 2.43. The summed E-state index contributed by atoms with van der Waals surface area (Å²) in [6.07, 6.45) is 0. The van der Waals surface area contributed by atoms with Crippen LogP contribution in [0.15, 0.2) is 18.2 Å². The van der Waals surface area contributed by atoms with Crippen molar-refractivity contribution in [2.75, 3.05) is 0 Å². The zero-order valence-electron chi connectivity index (χ0n) is 9.79. The Morgan fingerprint density at radius 1 is 1.58 bits per heavy atom. The van der Waals surface area contributed by atoms with Crippen LogP contribution in [0, 0.1) is 17.0 Å². The number of nitro groups is 1. The Morgan fingerprint density at radius 2 is 2.32 bits per heavy atom. The summed E-state index contributed by atoms with van der Waals surface area (Å²) in [5, 5.41) is 20.2. The molecule has 0 unspecified atom stereocenters. The van der Waals surface area contributed by atoms with Crippen molar-refractivity contribution in [3.63, 3.8) is 0 Å². The van der Waals surface area contributed by atoms with Crippen LogP contribution >= 0.6 is 22.9 Å². The highest BCUT2D eigenvalue weighted by Crippen LogP contribution is 2.33. The SMILES string of the molecule is Cc1cc(Oc2nc(Cl)c(CO)s2)ccc1[N+](=O)[O-]. The van der Waals surface area contributed by atoms with Crippen LogP contribution in [-0.4, -0.2) is 15.0 Å². The number of nitro benzene ring substituents is 1. The van der Waals surface area contributed by atoms with E-state index in [0.29, 0.717) is 16.2 Å². The van der Waals surface area contributed by atoms with Crippen molar-refractivity contribution in [2.45, 2.75) is 13.5 Å². The molecule has 0 bridgehead atoms. The number of aromatic nitrogens is 1. The first kappa shape index (κ1) is 13.7. The van der Waals surface area contributed by atoms with E-state index in [1.165, 1.54) is 12.1 Å². The molecule has 0 spiro atoms. The Balaban J connectivity index is 2.23. The molecule has 1 heterocycles. The molecule has 0 amide bonds. The van der Waals surface area contributed by atoms with Gasteiger partial charge < -0.3 is 9.84 Å². The van der Waals surface area contributed by atoms with Crippen LogP contribution in [-0.2, 0) is 6.61 Å². The molecule has 100 valence electrons. The highest BCUT2D eigenvalue weighted by molar-refractivity contribution is 7.13. The summed E-state index contributed by atoms with van der Waals surface area (Å²) >= 11 is 6.90. The molecule has 0 saturated heterocycles. The van der Waals surface area contributed by atoms with Crippen LogP contribution in [0.2, 0.25) is 5.15 Å². The van der Waals surface area contributed by atoms with Crippen molar-refractivity contribution in [3.05, 3.63) is 43.9 Å². The Hall–Kier alpha value is -1.70. The van der Waals surface area contributed by atoms with Crippen LogP contribution in [0.3, 0.4) is 0 Å². The van der Waals surface area contributed by atoms with Crippen molar-refractivity contribution >= 4 is 28.6 Å². The zero-order chi connectivity index (χ0) is 14.0. The molecule has 8 heteroatoms. The van der Waals surface area contributed by atoms with Crippen molar-refractivity contribution in [3.8, 4) is 10.9 Å². The largest absolute Gasteiger partial charge is 0.431 e. The number of rotatable bonds is 4. The second-order valence-corrected chi connectivity index (χ2v) is 5.06. The fraction of sp³-hybridized carbons (Fsp3) is 0.182. The maximum absolute atomic E-state index is 10.7. The summed E-state index contributed by atoms with van der Waals surface area (Å²) in [6, 6.07) is 4.40. The van der Waals surface area contributed by atoms with Gasteiger partial charge in [-0.15, -0.1) is 0 Å². The predicted molar refractivity (Wildman–Crippen MR) is 71.0 cm³/mol. The van der Waals surface area contributed by atoms with Crippen molar-refractivity contribution in [1.82, 2.24) is 4.98 Å². The summed E-state index contributed by atoms with van der Waals surface area (Å²) in [7, 11) is 0. The number of benzene rings is 1. The minimum absolute atomic E-state index is 0.0283. The summed E-state index contributed by atoms with van der Waals surface area (Å²) in [5.41, 5.74) is 0.521. The lowest BCUT2D eigenvalue weighted by atomic mass is 10.2. The zero-order valence-corrected chi connectivity index (χ0v) is 11.4. The summed E-state index contributed by atoms with van der Waals surface area (Å²) in [4.78, 5) is 14.7. The van der Waals surface area contributed by atoms with Crippen LogP contribution in [0.4, 0.5) is 5.69 Å². The highest BCUT2D eigenvalue weighted by atomic mass is 35.5. The highest BCUT2D eigenvalue weighted by Gasteiger charge is 2.13. The molecule has 1 aromatic carbocycles. The Bertz CT molecular complexity index is 629. The van der Waals surface area contributed by atoms with Gasteiger partial charge in [-0.3, -0.25) is 10.1 Å². The van der Waals surface area contributed by atoms with E-state index in [-0.39, 0.29) is 22.6 Å². The lowest BCUT2D eigenvalue weighted by Gasteiger charge is -2.03. The molecule has 1 N–H and O–H groups in total. The van der Waals surface area contributed by atoms with E-state index in [0.717, 1.165) is 11.3 Å². The number of ether oxygens (including phenoxy) is 1. The summed E-state index contributed by atoms with van der Waals surface area (Å²) in [5.74, 6) is 0.429. The molecule has 1 aromatic heterocycles. The number of hydrogen-bond acceptors (Lipinski definition) is 6. The second-order valence-electron chi connectivity index (χ2n) is 3.66. The van der Waals surface area contributed by atoms with E-state index in [2.05, 4.69) is 4.98 Å². The molecule has 0 atom stereocenters. The van der Waals surface area contributed by atoms with Crippen LogP contribution in [0.25, 0.3) is 0 Å². The number of aliphatic hydroxyl groups excluding tert-OH is 1. The van der Waals surface area contributed by atoms with Gasteiger partial charge in [0.1, 0.15) is 10.9 Å². The summed E-state index contributed by atoms with van der Waals surface area (Å²) < 4.78 is 5.45. The van der Waals surface area contributed by atoms with Gasteiger partial charge >= 0.3 is 0 Å². The monoisotopic (exact) mass is 300 g/mol.